The van der Waals surface area contributed by atoms with Crippen LogP contribution in [0.15, 0.2) is 24.3 Å². The molecule has 0 aliphatic heterocycles. The SMILES string of the molecule is O=C(CNCC1CC1)Nc1ccccc1OC1CCCC1. The third kappa shape index (κ3) is 4.46. The highest BCUT2D eigenvalue weighted by atomic mass is 16.5. The van der Waals surface area contributed by atoms with E-state index in [2.05, 4.69) is 10.6 Å². The van der Waals surface area contributed by atoms with Crippen molar-refractivity contribution in [2.75, 3.05) is 18.4 Å². The molecule has 0 saturated heterocycles. The van der Waals surface area contributed by atoms with Gasteiger partial charge in [0, 0.05) is 0 Å². The molecule has 4 heteroatoms. The Morgan fingerprint density at radius 1 is 1.14 bits per heavy atom. The fourth-order valence-electron chi connectivity index (χ4n) is 2.76. The molecule has 21 heavy (non-hydrogen) atoms. The van der Waals surface area contributed by atoms with Gasteiger partial charge in [0.1, 0.15) is 5.75 Å². The van der Waals surface area contributed by atoms with E-state index in [-0.39, 0.29) is 5.91 Å². The zero-order valence-electron chi connectivity index (χ0n) is 12.4. The average Bonchev–Trinajstić information content (AvgIpc) is 3.16. The first-order chi connectivity index (χ1) is 10.3. The lowest BCUT2D eigenvalue weighted by Crippen LogP contribution is -2.29. The van der Waals surface area contributed by atoms with Crippen molar-refractivity contribution in [3.05, 3.63) is 24.3 Å². The molecule has 0 bridgehead atoms. The standard InChI is InChI=1S/C17H24N2O2/c20-17(12-18-11-13-9-10-13)19-15-7-3-4-8-16(15)21-14-5-1-2-6-14/h3-4,7-8,13-14,18H,1-2,5-6,9-12H2,(H,19,20). The smallest absolute Gasteiger partial charge is 0.238 e. The molecule has 0 aromatic heterocycles. The number of anilines is 1. The monoisotopic (exact) mass is 288 g/mol. The van der Waals surface area contributed by atoms with Gasteiger partial charge < -0.3 is 15.4 Å². The number of carbonyl (C=O) groups excluding carboxylic acids is 1. The molecule has 2 saturated carbocycles. The fraction of sp³-hybridized carbons (Fsp3) is 0.588. The number of nitrogens with one attached hydrogen (secondary N) is 2. The molecular formula is C17H24N2O2. The molecule has 0 heterocycles. The number of hydrogen-bond donors (Lipinski definition) is 2. The number of hydrogen-bond acceptors (Lipinski definition) is 3. The normalized spacial score (nSPS) is 18.7. The van der Waals surface area contributed by atoms with Gasteiger partial charge in [0.05, 0.1) is 18.3 Å². The third-order valence-electron chi connectivity index (χ3n) is 4.17. The molecule has 4 nitrogen and oxygen atoms in total. The first kappa shape index (κ1) is 14.4. The molecule has 0 atom stereocenters. The molecule has 3 rings (SSSR count). The second-order valence-electron chi connectivity index (χ2n) is 6.14. The minimum atomic E-state index is -0.00174. The van der Waals surface area contributed by atoms with Crippen molar-refractivity contribution in [2.24, 2.45) is 5.92 Å². The molecule has 0 spiro atoms. The molecule has 2 aliphatic carbocycles. The lowest BCUT2D eigenvalue weighted by molar-refractivity contribution is -0.115. The van der Waals surface area contributed by atoms with Crippen molar-refractivity contribution in [3.63, 3.8) is 0 Å². The second kappa shape index (κ2) is 6.94. The third-order valence-corrected chi connectivity index (χ3v) is 4.17. The summed E-state index contributed by atoms with van der Waals surface area (Å²) in [6.07, 6.45) is 7.61. The van der Waals surface area contributed by atoms with Gasteiger partial charge in [0.15, 0.2) is 0 Å². The first-order valence-electron chi connectivity index (χ1n) is 8.07. The summed E-state index contributed by atoms with van der Waals surface area (Å²) >= 11 is 0. The molecule has 1 amide bonds. The molecule has 1 aromatic carbocycles. The van der Waals surface area contributed by atoms with Crippen LogP contribution < -0.4 is 15.4 Å². The minimum absolute atomic E-state index is 0.00174. The summed E-state index contributed by atoms with van der Waals surface area (Å²) in [6, 6.07) is 7.72. The van der Waals surface area contributed by atoms with Crippen LogP contribution >= 0.6 is 0 Å². The van der Waals surface area contributed by atoms with Crippen LogP contribution in [0.3, 0.4) is 0 Å². The van der Waals surface area contributed by atoms with Gasteiger partial charge in [-0.05, 0) is 63.1 Å². The van der Waals surface area contributed by atoms with Crippen LogP contribution in [0, 0.1) is 5.92 Å². The van der Waals surface area contributed by atoms with Gasteiger partial charge in [-0.25, -0.2) is 0 Å². The lowest BCUT2D eigenvalue weighted by atomic mass is 10.2. The molecule has 2 aliphatic rings. The Morgan fingerprint density at radius 2 is 1.90 bits per heavy atom. The number of ether oxygens (including phenoxy) is 1. The quantitative estimate of drug-likeness (QED) is 0.811. The Kier molecular flexibility index (Phi) is 4.76. The number of rotatable bonds is 7. The Hall–Kier alpha value is -1.55. The van der Waals surface area contributed by atoms with E-state index < -0.39 is 0 Å². The Balaban J connectivity index is 1.51. The van der Waals surface area contributed by atoms with Gasteiger partial charge in [-0.15, -0.1) is 0 Å². The lowest BCUT2D eigenvalue weighted by Gasteiger charge is -2.17. The number of amides is 1. The van der Waals surface area contributed by atoms with Crippen LogP contribution in [0.1, 0.15) is 38.5 Å². The summed E-state index contributed by atoms with van der Waals surface area (Å²) in [7, 11) is 0. The average molecular weight is 288 g/mol. The van der Waals surface area contributed by atoms with Crippen molar-refractivity contribution in [1.29, 1.82) is 0 Å². The fourth-order valence-corrected chi connectivity index (χ4v) is 2.76. The van der Waals surface area contributed by atoms with E-state index >= 15 is 0 Å². The van der Waals surface area contributed by atoms with E-state index in [0.717, 1.165) is 36.7 Å². The van der Waals surface area contributed by atoms with Gasteiger partial charge in [0.2, 0.25) is 5.91 Å². The zero-order chi connectivity index (χ0) is 14.5. The topological polar surface area (TPSA) is 50.4 Å². The van der Waals surface area contributed by atoms with Gasteiger partial charge in [-0.2, -0.15) is 0 Å². The van der Waals surface area contributed by atoms with E-state index in [4.69, 9.17) is 4.74 Å². The van der Waals surface area contributed by atoms with Gasteiger partial charge >= 0.3 is 0 Å². The van der Waals surface area contributed by atoms with E-state index in [0.29, 0.717) is 12.6 Å². The summed E-state index contributed by atoms with van der Waals surface area (Å²) in [4.78, 5) is 12.0. The highest BCUT2D eigenvalue weighted by molar-refractivity contribution is 5.93. The Morgan fingerprint density at radius 3 is 2.67 bits per heavy atom. The highest BCUT2D eigenvalue weighted by Crippen LogP contribution is 2.29. The van der Waals surface area contributed by atoms with E-state index in [1.807, 2.05) is 24.3 Å². The molecule has 0 radical (unpaired) electrons. The number of carbonyl (C=O) groups is 1. The largest absolute Gasteiger partial charge is 0.488 e. The molecule has 2 N–H and O–H groups in total. The van der Waals surface area contributed by atoms with Crippen LogP contribution in [0.2, 0.25) is 0 Å². The van der Waals surface area contributed by atoms with Crippen LogP contribution in [0.4, 0.5) is 5.69 Å². The van der Waals surface area contributed by atoms with Gasteiger partial charge in [-0.3, -0.25) is 4.79 Å². The summed E-state index contributed by atoms with van der Waals surface area (Å²) in [5.74, 6) is 1.58. The Labute approximate surface area is 126 Å². The zero-order valence-corrected chi connectivity index (χ0v) is 12.4. The molecule has 2 fully saturated rings. The maximum absolute atomic E-state index is 12.0. The maximum atomic E-state index is 12.0. The predicted octanol–water partition coefficient (Wildman–Crippen LogP) is 2.95. The molecular weight excluding hydrogens is 264 g/mol. The number of para-hydroxylation sites is 2. The predicted molar refractivity (Wildman–Crippen MR) is 83.5 cm³/mol. The van der Waals surface area contributed by atoms with Crippen LogP contribution in [-0.4, -0.2) is 25.1 Å². The summed E-state index contributed by atoms with van der Waals surface area (Å²) in [5.41, 5.74) is 0.780. The first-order valence-corrected chi connectivity index (χ1v) is 8.07. The highest BCUT2D eigenvalue weighted by Gasteiger charge is 2.21. The van der Waals surface area contributed by atoms with Gasteiger partial charge in [-0.1, -0.05) is 12.1 Å². The molecule has 0 unspecified atom stereocenters. The van der Waals surface area contributed by atoms with Crippen molar-refractivity contribution >= 4 is 11.6 Å². The van der Waals surface area contributed by atoms with Crippen LogP contribution in [0.5, 0.6) is 5.75 Å². The van der Waals surface area contributed by atoms with Crippen molar-refractivity contribution in [2.45, 2.75) is 44.6 Å². The van der Waals surface area contributed by atoms with E-state index in [9.17, 15) is 4.79 Å². The van der Waals surface area contributed by atoms with Crippen LogP contribution in [-0.2, 0) is 4.79 Å². The van der Waals surface area contributed by atoms with E-state index in [1.165, 1.54) is 25.7 Å². The summed E-state index contributed by atoms with van der Waals surface area (Å²) in [5, 5.41) is 6.16. The summed E-state index contributed by atoms with van der Waals surface area (Å²) < 4.78 is 6.02. The second-order valence-corrected chi connectivity index (χ2v) is 6.14. The maximum Gasteiger partial charge on any atom is 0.238 e. The van der Waals surface area contributed by atoms with Crippen molar-refractivity contribution < 1.29 is 9.53 Å². The molecule has 1 aromatic rings. The Bertz CT molecular complexity index is 479. The minimum Gasteiger partial charge on any atom is -0.488 e. The van der Waals surface area contributed by atoms with Crippen molar-refractivity contribution in [1.82, 2.24) is 5.32 Å². The van der Waals surface area contributed by atoms with Crippen LogP contribution in [0.25, 0.3) is 0 Å². The number of benzene rings is 1. The van der Waals surface area contributed by atoms with Gasteiger partial charge in [0.25, 0.3) is 0 Å². The van der Waals surface area contributed by atoms with E-state index in [1.54, 1.807) is 0 Å². The summed E-state index contributed by atoms with van der Waals surface area (Å²) in [6.45, 7) is 1.32. The van der Waals surface area contributed by atoms with Crippen molar-refractivity contribution in [3.8, 4) is 5.75 Å². The molecule has 114 valence electrons.